The summed E-state index contributed by atoms with van der Waals surface area (Å²) in [6, 6.07) is 8.82. The zero-order valence-electron chi connectivity index (χ0n) is 11.3. The number of rotatable bonds is 2. The average molecular weight is 233 g/mol. The number of morpholine rings is 1. The largest absolute Gasteiger partial charge is 0.365 e. The number of hydrogen-bond acceptors (Lipinski definition) is 2. The van der Waals surface area contributed by atoms with Crippen molar-refractivity contribution in [3.05, 3.63) is 35.4 Å². The van der Waals surface area contributed by atoms with Gasteiger partial charge in [-0.25, -0.2) is 0 Å². The molecule has 0 bridgehead atoms. The molecule has 0 spiro atoms. The van der Waals surface area contributed by atoms with Crippen LogP contribution in [-0.4, -0.2) is 18.7 Å². The third-order valence-corrected chi connectivity index (χ3v) is 3.32. The van der Waals surface area contributed by atoms with Crippen molar-refractivity contribution in [2.45, 2.75) is 45.3 Å². The van der Waals surface area contributed by atoms with Gasteiger partial charge in [0, 0.05) is 13.1 Å². The first kappa shape index (κ1) is 12.6. The van der Waals surface area contributed by atoms with Crippen molar-refractivity contribution in [3.63, 3.8) is 0 Å². The van der Waals surface area contributed by atoms with Crippen molar-refractivity contribution in [1.82, 2.24) is 5.32 Å². The fourth-order valence-electron chi connectivity index (χ4n) is 2.25. The Hall–Kier alpha value is -0.860. The molecule has 94 valence electrons. The smallest absolute Gasteiger partial charge is 0.0957 e. The minimum Gasteiger partial charge on any atom is -0.365 e. The Morgan fingerprint density at radius 2 is 1.88 bits per heavy atom. The number of hydrogen-bond donors (Lipinski definition) is 1. The first-order valence-corrected chi connectivity index (χ1v) is 6.46. The highest BCUT2D eigenvalue weighted by Gasteiger charge is 2.28. The molecule has 1 fully saturated rings. The second kappa shape index (κ2) is 4.79. The van der Waals surface area contributed by atoms with Gasteiger partial charge in [-0.15, -0.1) is 0 Å². The van der Waals surface area contributed by atoms with Crippen LogP contribution in [0, 0.1) is 0 Å². The highest BCUT2D eigenvalue weighted by molar-refractivity contribution is 5.26. The fourth-order valence-corrected chi connectivity index (χ4v) is 2.25. The molecule has 1 aromatic carbocycles. The molecule has 1 unspecified atom stereocenters. The third-order valence-electron chi connectivity index (χ3n) is 3.32. The Kier molecular flexibility index (Phi) is 3.55. The van der Waals surface area contributed by atoms with Crippen LogP contribution in [0.15, 0.2) is 24.3 Å². The molecule has 2 rings (SSSR count). The first-order valence-electron chi connectivity index (χ1n) is 6.46. The summed E-state index contributed by atoms with van der Waals surface area (Å²) in [5.74, 6) is 0.589. The van der Waals surface area contributed by atoms with Gasteiger partial charge in [0.1, 0.15) is 0 Å². The molecule has 0 radical (unpaired) electrons. The topological polar surface area (TPSA) is 21.3 Å². The van der Waals surface area contributed by atoms with Gasteiger partial charge in [-0.2, -0.15) is 0 Å². The maximum atomic E-state index is 6.10. The van der Waals surface area contributed by atoms with E-state index in [0.29, 0.717) is 5.92 Å². The maximum absolute atomic E-state index is 6.10. The first-order chi connectivity index (χ1) is 7.98. The molecule has 17 heavy (non-hydrogen) atoms. The second-order valence-corrected chi connectivity index (χ2v) is 5.82. The van der Waals surface area contributed by atoms with Gasteiger partial charge in [0.25, 0.3) is 0 Å². The summed E-state index contributed by atoms with van der Waals surface area (Å²) in [4.78, 5) is 0. The lowest BCUT2D eigenvalue weighted by atomic mass is 9.98. The van der Waals surface area contributed by atoms with Crippen LogP contribution in [0.4, 0.5) is 0 Å². The van der Waals surface area contributed by atoms with Crippen molar-refractivity contribution in [2.24, 2.45) is 0 Å². The van der Waals surface area contributed by atoms with Gasteiger partial charge in [-0.05, 0) is 30.9 Å². The van der Waals surface area contributed by atoms with E-state index in [-0.39, 0.29) is 11.7 Å². The van der Waals surface area contributed by atoms with E-state index < -0.39 is 0 Å². The van der Waals surface area contributed by atoms with E-state index in [0.717, 1.165) is 13.1 Å². The van der Waals surface area contributed by atoms with Gasteiger partial charge >= 0.3 is 0 Å². The number of ether oxygens (including phenoxy) is 1. The Morgan fingerprint density at radius 1 is 1.24 bits per heavy atom. The highest BCUT2D eigenvalue weighted by atomic mass is 16.5. The van der Waals surface area contributed by atoms with Crippen molar-refractivity contribution in [2.75, 3.05) is 13.1 Å². The van der Waals surface area contributed by atoms with Crippen LogP contribution < -0.4 is 5.32 Å². The fraction of sp³-hybridized carbons (Fsp3) is 0.600. The van der Waals surface area contributed by atoms with Gasteiger partial charge in [-0.3, -0.25) is 0 Å². The van der Waals surface area contributed by atoms with Crippen molar-refractivity contribution in [3.8, 4) is 0 Å². The minimum absolute atomic E-state index is 0.0698. The molecule has 0 aliphatic carbocycles. The van der Waals surface area contributed by atoms with Crippen LogP contribution in [-0.2, 0) is 4.74 Å². The average Bonchev–Trinajstić information content (AvgIpc) is 2.28. The molecule has 1 aliphatic heterocycles. The van der Waals surface area contributed by atoms with Gasteiger partial charge in [-0.1, -0.05) is 38.1 Å². The summed E-state index contributed by atoms with van der Waals surface area (Å²) < 4.78 is 6.10. The standard InChI is InChI=1S/C15H23NO/c1-11(2)12-5-7-13(8-6-12)14-9-16-10-15(3,4)17-14/h5-8,11,14,16H,9-10H2,1-4H3. The SMILES string of the molecule is CC(C)c1ccc(C2CNCC(C)(C)O2)cc1. The van der Waals surface area contributed by atoms with E-state index in [2.05, 4.69) is 57.3 Å². The van der Waals surface area contributed by atoms with E-state index in [1.54, 1.807) is 0 Å². The molecule has 1 heterocycles. The lowest BCUT2D eigenvalue weighted by Crippen LogP contribution is -2.46. The molecule has 1 N–H and O–H groups in total. The van der Waals surface area contributed by atoms with Crippen LogP contribution in [0.2, 0.25) is 0 Å². The summed E-state index contributed by atoms with van der Waals surface area (Å²) >= 11 is 0. The van der Waals surface area contributed by atoms with Crippen molar-refractivity contribution in [1.29, 1.82) is 0 Å². The number of benzene rings is 1. The Bertz CT molecular complexity index is 367. The van der Waals surface area contributed by atoms with Crippen molar-refractivity contribution >= 4 is 0 Å². The molecular weight excluding hydrogens is 210 g/mol. The summed E-state index contributed by atoms with van der Waals surface area (Å²) in [6.07, 6.45) is 0.181. The quantitative estimate of drug-likeness (QED) is 0.846. The highest BCUT2D eigenvalue weighted by Crippen LogP contribution is 2.27. The van der Waals surface area contributed by atoms with E-state index in [9.17, 15) is 0 Å². The Morgan fingerprint density at radius 3 is 2.41 bits per heavy atom. The molecule has 1 aliphatic rings. The second-order valence-electron chi connectivity index (χ2n) is 5.82. The van der Waals surface area contributed by atoms with E-state index in [1.807, 2.05) is 0 Å². The van der Waals surface area contributed by atoms with Crippen LogP contribution in [0.5, 0.6) is 0 Å². The zero-order valence-corrected chi connectivity index (χ0v) is 11.3. The van der Waals surface area contributed by atoms with Gasteiger partial charge in [0.2, 0.25) is 0 Å². The molecular formula is C15H23NO. The summed E-state index contributed by atoms with van der Waals surface area (Å²) in [6.45, 7) is 10.5. The zero-order chi connectivity index (χ0) is 12.5. The Balaban J connectivity index is 2.12. The number of nitrogens with one attached hydrogen (secondary N) is 1. The molecule has 2 heteroatoms. The summed E-state index contributed by atoms with van der Waals surface area (Å²) in [5, 5.41) is 3.44. The van der Waals surface area contributed by atoms with Crippen LogP contribution in [0.1, 0.15) is 50.8 Å². The van der Waals surface area contributed by atoms with E-state index in [1.165, 1.54) is 11.1 Å². The minimum atomic E-state index is -0.0698. The molecule has 1 atom stereocenters. The van der Waals surface area contributed by atoms with Gasteiger partial charge in [0.05, 0.1) is 11.7 Å². The van der Waals surface area contributed by atoms with Crippen LogP contribution >= 0.6 is 0 Å². The predicted octanol–water partition coefficient (Wildman–Crippen LogP) is 3.25. The summed E-state index contributed by atoms with van der Waals surface area (Å²) in [7, 11) is 0. The van der Waals surface area contributed by atoms with Crippen LogP contribution in [0.25, 0.3) is 0 Å². The third kappa shape index (κ3) is 3.08. The monoisotopic (exact) mass is 233 g/mol. The summed E-state index contributed by atoms with van der Waals surface area (Å²) in [5.41, 5.74) is 2.59. The molecule has 1 aromatic rings. The maximum Gasteiger partial charge on any atom is 0.0957 e. The molecule has 1 saturated heterocycles. The lowest BCUT2D eigenvalue weighted by molar-refractivity contribution is -0.0958. The Labute approximate surface area is 104 Å². The normalized spacial score (nSPS) is 23.9. The van der Waals surface area contributed by atoms with Crippen molar-refractivity contribution < 1.29 is 4.74 Å². The van der Waals surface area contributed by atoms with E-state index >= 15 is 0 Å². The predicted molar refractivity (Wildman–Crippen MR) is 71.3 cm³/mol. The van der Waals surface area contributed by atoms with Crippen LogP contribution in [0.3, 0.4) is 0 Å². The molecule has 0 saturated carbocycles. The van der Waals surface area contributed by atoms with Gasteiger partial charge in [0.15, 0.2) is 0 Å². The molecule has 2 nitrogen and oxygen atoms in total. The molecule has 0 amide bonds. The van der Waals surface area contributed by atoms with E-state index in [4.69, 9.17) is 4.74 Å². The lowest BCUT2D eigenvalue weighted by Gasteiger charge is -2.37. The van der Waals surface area contributed by atoms with Gasteiger partial charge < -0.3 is 10.1 Å². The molecule has 0 aromatic heterocycles.